The Balaban J connectivity index is 1.49. The second kappa shape index (κ2) is 9.92. The third-order valence-electron chi connectivity index (χ3n) is 7.30. The Kier molecular flexibility index (Phi) is 7.11. The molecule has 0 aromatic heterocycles. The molecule has 0 unspecified atom stereocenters. The number of phenols is 1. The number of rotatable bonds is 9. The first kappa shape index (κ1) is 25.1. The van der Waals surface area contributed by atoms with Gasteiger partial charge < -0.3 is 15.6 Å². The van der Waals surface area contributed by atoms with Crippen LogP contribution in [0.1, 0.15) is 43.4 Å². The monoisotopic (exact) mass is 492 g/mol. The molecule has 184 valence electrons. The van der Waals surface area contributed by atoms with Gasteiger partial charge in [-0.1, -0.05) is 72.3 Å². The molecule has 1 amide bonds. The maximum absolute atomic E-state index is 13.1. The molecule has 1 aliphatic rings. The number of aryl methyl sites for hydroxylation is 1. The van der Waals surface area contributed by atoms with E-state index in [1.807, 2.05) is 67.6 Å². The summed E-state index contributed by atoms with van der Waals surface area (Å²) in [4.78, 5) is 15.4. The Morgan fingerprint density at radius 3 is 2.09 bits per heavy atom. The minimum absolute atomic E-state index is 0.0388. The molecule has 0 radical (unpaired) electrons. The highest BCUT2D eigenvalue weighted by atomic mass is 35.5. The molecule has 3 aromatic carbocycles. The van der Waals surface area contributed by atoms with E-state index in [0.717, 1.165) is 36.2 Å². The quantitative estimate of drug-likeness (QED) is 0.416. The van der Waals surface area contributed by atoms with Crippen LogP contribution in [0.5, 0.6) is 11.5 Å². The van der Waals surface area contributed by atoms with E-state index in [4.69, 9.17) is 22.1 Å². The van der Waals surface area contributed by atoms with Gasteiger partial charge in [0.25, 0.3) is 0 Å². The summed E-state index contributed by atoms with van der Waals surface area (Å²) in [5, 5.41) is 10.8. The zero-order valence-electron chi connectivity index (χ0n) is 20.5. The number of carbonyl (C=O) groups is 1. The molecule has 0 atom stereocenters. The number of phenolic OH excluding ortho intramolecular Hbond substituents is 1. The third kappa shape index (κ3) is 5.02. The van der Waals surface area contributed by atoms with Crippen LogP contribution in [0.4, 0.5) is 0 Å². The number of benzene rings is 3. The molecule has 1 heterocycles. The van der Waals surface area contributed by atoms with Crippen molar-refractivity contribution in [2.75, 3.05) is 13.1 Å². The van der Waals surface area contributed by atoms with Crippen LogP contribution >= 0.6 is 11.6 Å². The summed E-state index contributed by atoms with van der Waals surface area (Å²) in [6, 6.07) is 22.9. The molecule has 1 fully saturated rings. The number of aromatic hydroxyl groups is 1. The first-order chi connectivity index (χ1) is 16.6. The number of hydrogen-bond donors (Lipinski definition) is 2. The summed E-state index contributed by atoms with van der Waals surface area (Å²) < 4.78 is 6.01. The smallest absolute Gasteiger partial charge is 0.232 e. The van der Waals surface area contributed by atoms with Gasteiger partial charge in [0.05, 0.1) is 5.41 Å². The highest BCUT2D eigenvalue weighted by Crippen LogP contribution is 2.41. The van der Waals surface area contributed by atoms with Gasteiger partial charge in [0.2, 0.25) is 5.91 Å². The zero-order valence-corrected chi connectivity index (χ0v) is 21.3. The summed E-state index contributed by atoms with van der Waals surface area (Å²) in [6.45, 7) is 7.66. The lowest BCUT2D eigenvalue weighted by Gasteiger charge is -2.49. The molecular weight excluding hydrogens is 460 g/mol. The Hall–Kier alpha value is -3.02. The van der Waals surface area contributed by atoms with Gasteiger partial charge in [-0.2, -0.15) is 0 Å². The zero-order chi connectivity index (χ0) is 25.2. The lowest BCUT2D eigenvalue weighted by atomic mass is 9.69. The number of ether oxygens (including phenoxy) is 1. The van der Waals surface area contributed by atoms with Gasteiger partial charge in [0.1, 0.15) is 6.10 Å². The molecule has 6 heteroatoms. The van der Waals surface area contributed by atoms with Crippen LogP contribution in [0.15, 0.2) is 72.8 Å². The Morgan fingerprint density at radius 2 is 1.57 bits per heavy atom. The van der Waals surface area contributed by atoms with Gasteiger partial charge in [0, 0.05) is 29.7 Å². The Morgan fingerprint density at radius 1 is 1.03 bits per heavy atom. The summed E-state index contributed by atoms with van der Waals surface area (Å²) in [7, 11) is 0. The van der Waals surface area contributed by atoms with Gasteiger partial charge in [-0.15, -0.1) is 0 Å². The van der Waals surface area contributed by atoms with Gasteiger partial charge in [-0.3, -0.25) is 9.69 Å². The number of nitrogens with zero attached hydrogens (tertiary/aromatic N) is 1. The van der Waals surface area contributed by atoms with E-state index in [2.05, 4.69) is 18.7 Å². The van der Waals surface area contributed by atoms with Crippen LogP contribution in [0.3, 0.4) is 0 Å². The van der Waals surface area contributed by atoms with Gasteiger partial charge in [-0.25, -0.2) is 0 Å². The fourth-order valence-electron chi connectivity index (χ4n) is 4.89. The minimum Gasteiger partial charge on any atom is -0.504 e. The standard InChI is InChI=1S/C29H33ClN2O3/c1-20-16-25(33)26(17-24(20)30)35-23-18-32(19-23)28(2,3)14-15-29(27(31)34,21-10-6-4-7-11-21)22-12-8-5-9-13-22/h4-13,16-17,23,33H,14-15,18-19H2,1-3H3,(H2,31,34). The molecule has 0 spiro atoms. The van der Waals surface area contributed by atoms with Gasteiger partial charge in [0.15, 0.2) is 11.5 Å². The number of primary amides is 1. The fraction of sp³-hybridized carbons (Fsp3) is 0.345. The van der Waals surface area contributed by atoms with Crippen molar-refractivity contribution in [1.29, 1.82) is 0 Å². The highest BCUT2D eigenvalue weighted by Gasteiger charge is 2.44. The Labute approximate surface area is 212 Å². The molecule has 0 aliphatic carbocycles. The molecule has 0 bridgehead atoms. The first-order valence-electron chi connectivity index (χ1n) is 12.0. The third-order valence-corrected chi connectivity index (χ3v) is 7.71. The van der Waals surface area contributed by atoms with Crippen molar-refractivity contribution in [3.8, 4) is 11.5 Å². The molecular formula is C29H33ClN2O3. The highest BCUT2D eigenvalue weighted by molar-refractivity contribution is 6.31. The van der Waals surface area contributed by atoms with Crippen LogP contribution < -0.4 is 10.5 Å². The average Bonchev–Trinajstić information content (AvgIpc) is 2.80. The summed E-state index contributed by atoms with van der Waals surface area (Å²) in [6.07, 6.45) is 1.30. The summed E-state index contributed by atoms with van der Waals surface area (Å²) >= 11 is 6.20. The second-order valence-corrected chi connectivity index (χ2v) is 10.4. The van der Waals surface area contributed by atoms with Crippen LogP contribution in [-0.2, 0) is 10.2 Å². The van der Waals surface area contributed by atoms with Crippen molar-refractivity contribution in [3.05, 3.63) is 94.5 Å². The van der Waals surface area contributed by atoms with Crippen molar-refractivity contribution in [2.24, 2.45) is 5.73 Å². The molecule has 0 saturated carbocycles. The number of halogens is 1. The maximum atomic E-state index is 13.1. The molecule has 35 heavy (non-hydrogen) atoms. The van der Waals surface area contributed by atoms with E-state index in [0.29, 0.717) is 17.2 Å². The molecule has 4 rings (SSSR count). The van der Waals surface area contributed by atoms with Crippen molar-refractivity contribution < 1.29 is 14.6 Å². The van der Waals surface area contributed by atoms with E-state index >= 15 is 0 Å². The normalized spacial score (nSPS) is 15.0. The minimum atomic E-state index is -0.912. The van der Waals surface area contributed by atoms with Crippen LogP contribution in [0.2, 0.25) is 5.02 Å². The summed E-state index contributed by atoms with van der Waals surface area (Å²) in [5.41, 5.74) is 7.66. The van der Waals surface area contributed by atoms with Crippen molar-refractivity contribution in [1.82, 2.24) is 4.90 Å². The molecule has 5 nitrogen and oxygen atoms in total. The lowest BCUT2D eigenvalue weighted by molar-refractivity contribution is -0.122. The van der Waals surface area contributed by atoms with Crippen molar-refractivity contribution in [2.45, 2.75) is 50.7 Å². The number of hydrogen-bond acceptors (Lipinski definition) is 4. The topological polar surface area (TPSA) is 75.8 Å². The predicted molar refractivity (Wildman–Crippen MR) is 140 cm³/mol. The largest absolute Gasteiger partial charge is 0.504 e. The maximum Gasteiger partial charge on any atom is 0.232 e. The molecule has 1 saturated heterocycles. The summed E-state index contributed by atoms with van der Waals surface area (Å²) in [5.74, 6) is 0.160. The lowest BCUT2D eigenvalue weighted by Crippen LogP contribution is -2.62. The number of carbonyl (C=O) groups excluding carboxylic acids is 1. The van der Waals surface area contributed by atoms with Gasteiger partial charge >= 0.3 is 0 Å². The van der Waals surface area contributed by atoms with Crippen LogP contribution in [0, 0.1) is 6.92 Å². The van der Waals surface area contributed by atoms with E-state index in [1.165, 1.54) is 0 Å². The molecule has 3 aromatic rings. The predicted octanol–water partition coefficient (Wildman–Crippen LogP) is 5.45. The van der Waals surface area contributed by atoms with E-state index in [1.54, 1.807) is 12.1 Å². The first-order valence-corrected chi connectivity index (χ1v) is 12.3. The second-order valence-electron chi connectivity index (χ2n) is 10.0. The van der Waals surface area contributed by atoms with Crippen LogP contribution in [-0.4, -0.2) is 40.6 Å². The van der Waals surface area contributed by atoms with E-state index in [-0.39, 0.29) is 23.3 Å². The number of likely N-dealkylation sites (tertiary alicyclic amines) is 1. The van der Waals surface area contributed by atoms with Crippen molar-refractivity contribution >= 4 is 17.5 Å². The molecule has 3 N–H and O–H groups in total. The Bertz CT molecular complexity index is 1140. The van der Waals surface area contributed by atoms with Crippen LogP contribution in [0.25, 0.3) is 0 Å². The van der Waals surface area contributed by atoms with Crippen molar-refractivity contribution in [3.63, 3.8) is 0 Å². The fourth-order valence-corrected chi connectivity index (χ4v) is 5.04. The number of amides is 1. The van der Waals surface area contributed by atoms with E-state index in [9.17, 15) is 9.90 Å². The number of nitrogens with two attached hydrogens (primary N) is 1. The van der Waals surface area contributed by atoms with Gasteiger partial charge in [-0.05, 0) is 56.4 Å². The SMILES string of the molecule is Cc1cc(O)c(OC2CN(C(C)(C)CCC(C(N)=O)(c3ccccc3)c3ccccc3)C2)cc1Cl. The average molecular weight is 493 g/mol. The molecule has 1 aliphatic heterocycles. The van der Waals surface area contributed by atoms with E-state index < -0.39 is 5.41 Å².